The second-order valence-corrected chi connectivity index (χ2v) is 8.64. The van der Waals surface area contributed by atoms with Crippen LogP contribution in [0.2, 0.25) is 5.02 Å². The van der Waals surface area contributed by atoms with Crippen LogP contribution in [0, 0.1) is 5.92 Å². The lowest BCUT2D eigenvalue weighted by Crippen LogP contribution is -2.52. The number of hydrogen-bond acceptors (Lipinski definition) is 4. The van der Waals surface area contributed by atoms with Crippen LogP contribution in [0.3, 0.4) is 0 Å². The highest BCUT2D eigenvalue weighted by Gasteiger charge is 2.36. The van der Waals surface area contributed by atoms with Gasteiger partial charge in [0, 0.05) is 25.2 Å². The summed E-state index contributed by atoms with van der Waals surface area (Å²) in [5.74, 6) is 1.11. The van der Waals surface area contributed by atoms with E-state index in [1.165, 1.54) is 7.11 Å². The molecule has 6 nitrogen and oxygen atoms in total. The predicted octanol–water partition coefficient (Wildman–Crippen LogP) is 4.00. The quantitative estimate of drug-likeness (QED) is 0.695. The molecule has 0 aromatic heterocycles. The highest BCUT2D eigenvalue weighted by Crippen LogP contribution is 2.37. The Morgan fingerprint density at radius 3 is 2.48 bits per heavy atom. The van der Waals surface area contributed by atoms with Gasteiger partial charge in [-0.25, -0.2) is 0 Å². The lowest BCUT2D eigenvalue weighted by atomic mass is 9.99. The van der Waals surface area contributed by atoms with Gasteiger partial charge in [-0.15, -0.1) is 0 Å². The van der Waals surface area contributed by atoms with E-state index in [1.807, 2.05) is 18.7 Å². The summed E-state index contributed by atoms with van der Waals surface area (Å²) in [4.78, 5) is 29.9. The predicted molar refractivity (Wildman–Crippen MR) is 113 cm³/mol. The van der Waals surface area contributed by atoms with Crippen LogP contribution < -0.4 is 9.47 Å². The Kier molecular flexibility index (Phi) is 7.28. The van der Waals surface area contributed by atoms with Crippen LogP contribution in [-0.4, -0.2) is 61.0 Å². The van der Waals surface area contributed by atoms with Crippen LogP contribution >= 0.6 is 11.6 Å². The van der Waals surface area contributed by atoms with Gasteiger partial charge in [-0.2, -0.15) is 0 Å². The molecule has 29 heavy (non-hydrogen) atoms. The minimum absolute atomic E-state index is 0.0745. The normalized spacial score (nSPS) is 19.6. The molecule has 2 heterocycles. The molecule has 2 saturated heterocycles. The van der Waals surface area contributed by atoms with E-state index in [-0.39, 0.29) is 11.8 Å². The Labute approximate surface area is 178 Å². The van der Waals surface area contributed by atoms with Crippen molar-refractivity contribution < 1.29 is 19.1 Å². The van der Waals surface area contributed by atoms with Crippen molar-refractivity contribution in [2.75, 3.05) is 33.4 Å². The Bertz CT molecular complexity index is 747. The maximum absolute atomic E-state index is 13.3. The third-order valence-corrected chi connectivity index (χ3v) is 5.78. The SMILES string of the molecule is COc1cc(C(=O)N2CCCCC2C(=O)N2CCCC2)cc(Cl)c1OCC(C)C. The molecular weight excluding hydrogens is 392 g/mol. The van der Waals surface area contributed by atoms with Gasteiger partial charge in [-0.05, 0) is 50.2 Å². The number of halogens is 1. The topological polar surface area (TPSA) is 59.1 Å². The summed E-state index contributed by atoms with van der Waals surface area (Å²) in [5.41, 5.74) is 0.421. The molecule has 3 rings (SSSR count). The van der Waals surface area contributed by atoms with Gasteiger partial charge in [-0.1, -0.05) is 25.4 Å². The fourth-order valence-electron chi connectivity index (χ4n) is 3.98. The van der Waals surface area contributed by atoms with E-state index in [4.69, 9.17) is 21.1 Å². The zero-order chi connectivity index (χ0) is 21.0. The molecule has 0 radical (unpaired) electrons. The van der Waals surface area contributed by atoms with E-state index < -0.39 is 6.04 Å². The number of likely N-dealkylation sites (tertiary alicyclic amines) is 2. The highest BCUT2D eigenvalue weighted by atomic mass is 35.5. The maximum atomic E-state index is 13.3. The molecule has 2 aliphatic rings. The fraction of sp³-hybridized carbons (Fsp3) is 0.636. The van der Waals surface area contributed by atoms with Crippen LogP contribution in [0.5, 0.6) is 11.5 Å². The molecule has 0 N–H and O–H groups in total. The van der Waals surface area contributed by atoms with Crippen molar-refractivity contribution in [2.45, 2.75) is 52.0 Å². The number of carbonyl (C=O) groups is 2. The van der Waals surface area contributed by atoms with Crippen molar-refractivity contribution in [1.82, 2.24) is 9.80 Å². The van der Waals surface area contributed by atoms with Crippen molar-refractivity contribution >= 4 is 23.4 Å². The molecule has 0 spiro atoms. The Morgan fingerprint density at radius 1 is 1.14 bits per heavy atom. The first kappa shape index (κ1) is 21.8. The third-order valence-electron chi connectivity index (χ3n) is 5.50. The molecule has 0 aliphatic carbocycles. The van der Waals surface area contributed by atoms with E-state index in [2.05, 4.69) is 0 Å². The fourth-order valence-corrected chi connectivity index (χ4v) is 4.24. The van der Waals surface area contributed by atoms with Crippen molar-refractivity contribution in [2.24, 2.45) is 5.92 Å². The Morgan fingerprint density at radius 2 is 1.83 bits per heavy atom. The summed E-state index contributed by atoms with van der Waals surface area (Å²) in [7, 11) is 1.53. The van der Waals surface area contributed by atoms with E-state index in [0.29, 0.717) is 47.6 Å². The Hall–Kier alpha value is -1.95. The number of nitrogens with zero attached hydrogens (tertiary/aromatic N) is 2. The smallest absolute Gasteiger partial charge is 0.254 e. The minimum Gasteiger partial charge on any atom is -0.493 e. The van der Waals surface area contributed by atoms with Crippen LogP contribution in [0.1, 0.15) is 56.3 Å². The third kappa shape index (κ3) is 4.97. The molecular formula is C22H31ClN2O4. The number of rotatable bonds is 6. The first-order valence-electron chi connectivity index (χ1n) is 10.5. The summed E-state index contributed by atoms with van der Waals surface area (Å²) >= 11 is 6.43. The number of hydrogen-bond donors (Lipinski definition) is 0. The average Bonchev–Trinajstić information content (AvgIpc) is 3.26. The molecule has 7 heteroatoms. The van der Waals surface area contributed by atoms with Gasteiger partial charge in [-0.3, -0.25) is 9.59 Å². The van der Waals surface area contributed by atoms with Crippen molar-refractivity contribution in [3.63, 3.8) is 0 Å². The van der Waals surface area contributed by atoms with Gasteiger partial charge >= 0.3 is 0 Å². The Balaban J connectivity index is 1.83. The minimum atomic E-state index is -0.393. The summed E-state index contributed by atoms with van der Waals surface area (Å²) < 4.78 is 11.2. The summed E-state index contributed by atoms with van der Waals surface area (Å²) in [6.07, 6.45) is 4.64. The second kappa shape index (κ2) is 9.70. The molecule has 0 bridgehead atoms. The van der Waals surface area contributed by atoms with Gasteiger partial charge in [0.15, 0.2) is 11.5 Å². The van der Waals surface area contributed by atoms with Gasteiger partial charge < -0.3 is 19.3 Å². The summed E-state index contributed by atoms with van der Waals surface area (Å²) in [6.45, 7) is 6.76. The maximum Gasteiger partial charge on any atom is 0.254 e. The van der Waals surface area contributed by atoms with Gasteiger partial charge in [0.25, 0.3) is 5.91 Å². The van der Waals surface area contributed by atoms with Crippen LogP contribution in [-0.2, 0) is 4.79 Å². The molecule has 2 aliphatic heterocycles. The van der Waals surface area contributed by atoms with E-state index in [9.17, 15) is 9.59 Å². The van der Waals surface area contributed by atoms with Crippen LogP contribution in [0.15, 0.2) is 12.1 Å². The van der Waals surface area contributed by atoms with E-state index in [1.54, 1.807) is 17.0 Å². The molecule has 1 aromatic rings. The number of carbonyl (C=O) groups excluding carboxylic acids is 2. The zero-order valence-corrected chi connectivity index (χ0v) is 18.3. The molecule has 1 atom stereocenters. The number of piperidine rings is 1. The lowest BCUT2D eigenvalue weighted by Gasteiger charge is -2.37. The number of benzene rings is 1. The monoisotopic (exact) mass is 422 g/mol. The van der Waals surface area contributed by atoms with Crippen LogP contribution in [0.25, 0.3) is 0 Å². The molecule has 2 fully saturated rings. The number of ether oxygens (including phenoxy) is 2. The second-order valence-electron chi connectivity index (χ2n) is 8.24. The van der Waals surface area contributed by atoms with Crippen LogP contribution in [0.4, 0.5) is 0 Å². The molecule has 160 valence electrons. The van der Waals surface area contributed by atoms with Gasteiger partial charge in [0.1, 0.15) is 6.04 Å². The van der Waals surface area contributed by atoms with E-state index in [0.717, 1.165) is 38.8 Å². The summed E-state index contributed by atoms with van der Waals surface area (Å²) in [5, 5.41) is 0.341. The molecule has 1 aromatic carbocycles. The number of methoxy groups -OCH3 is 1. The summed E-state index contributed by atoms with van der Waals surface area (Å²) in [6, 6.07) is 2.89. The van der Waals surface area contributed by atoms with Crippen molar-refractivity contribution in [3.8, 4) is 11.5 Å². The number of amides is 2. The first-order valence-corrected chi connectivity index (χ1v) is 10.9. The van der Waals surface area contributed by atoms with Gasteiger partial charge in [0.2, 0.25) is 5.91 Å². The molecule has 0 saturated carbocycles. The van der Waals surface area contributed by atoms with E-state index >= 15 is 0 Å². The first-order chi connectivity index (χ1) is 13.9. The standard InChI is InChI=1S/C22H31ClN2O4/c1-15(2)14-29-20-17(23)12-16(13-19(20)28-3)21(26)25-11-5-4-8-18(25)22(27)24-9-6-7-10-24/h12-13,15,18H,4-11,14H2,1-3H3. The van der Waals surface area contributed by atoms with Crippen molar-refractivity contribution in [1.29, 1.82) is 0 Å². The molecule has 2 amide bonds. The molecule has 1 unspecified atom stereocenters. The largest absolute Gasteiger partial charge is 0.493 e. The average molecular weight is 423 g/mol. The zero-order valence-electron chi connectivity index (χ0n) is 17.6. The lowest BCUT2D eigenvalue weighted by molar-refractivity contribution is -0.136. The van der Waals surface area contributed by atoms with Gasteiger partial charge in [0.05, 0.1) is 18.7 Å². The van der Waals surface area contributed by atoms with Crippen molar-refractivity contribution in [3.05, 3.63) is 22.7 Å². The highest BCUT2D eigenvalue weighted by molar-refractivity contribution is 6.32.